The van der Waals surface area contributed by atoms with E-state index in [4.69, 9.17) is 14.8 Å². The molecule has 0 aromatic heterocycles. The van der Waals surface area contributed by atoms with Crippen LogP contribution in [-0.2, 0) is 18.4 Å². The third kappa shape index (κ3) is 44.1. The second-order valence-corrected chi connectivity index (χ2v) is 19.7. The summed E-state index contributed by atoms with van der Waals surface area (Å²) in [4.78, 5) is 22.9. The van der Waals surface area contributed by atoms with Gasteiger partial charge in [0.1, 0.15) is 0 Å². The standard InChI is InChI=1S/C50H103N2O7P/c1-3-5-7-9-11-13-15-17-19-21-23-24-25-27-29-31-33-35-37-39-41-47(53)45-50(55)52-48(46-59-60(56,57)58-44-43-51)49(54)42-40-38-36-34-32-30-28-26-22-20-18-16-14-12-10-8-6-4-2/h47-49,53-54H,3-46,51H2,1-2H3,(H,52,55)(H,56,57). The summed E-state index contributed by atoms with van der Waals surface area (Å²) in [5.74, 6) is -0.406. The van der Waals surface area contributed by atoms with E-state index >= 15 is 0 Å². The number of phosphoric acid groups is 1. The fourth-order valence-corrected chi connectivity index (χ4v) is 9.06. The molecule has 60 heavy (non-hydrogen) atoms. The number of hydrogen-bond donors (Lipinski definition) is 5. The molecule has 0 aromatic carbocycles. The second kappa shape index (κ2) is 46.5. The van der Waals surface area contributed by atoms with Gasteiger partial charge in [-0.2, -0.15) is 0 Å². The number of aliphatic hydroxyl groups excluding tert-OH is 2. The second-order valence-electron chi connectivity index (χ2n) is 18.3. The van der Waals surface area contributed by atoms with Crippen molar-refractivity contribution < 1.29 is 33.5 Å². The molecule has 0 aromatic rings. The Kier molecular flexibility index (Phi) is 46.0. The van der Waals surface area contributed by atoms with Crippen LogP contribution in [0.3, 0.4) is 0 Å². The van der Waals surface area contributed by atoms with E-state index in [1.54, 1.807) is 0 Å². The minimum Gasteiger partial charge on any atom is -0.393 e. The van der Waals surface area contributed by atoms with Crippen molar-refractivity contribution in [1.29, 1.82) is 0 Å². The summed E-state index contributed by atoms with van der Waals surface area (Å²) in [5.41, 5.74) is 5.39. The molecule has 0 aliphatic rings. The first-order chi connectivity index (χ1) is 29.3. The van der Waals surface area contributed by atoms with Crippen LogP contribution in [0.25, 0.3) is 0 Å². The van der Waals surface area contributed by atoms with Gasteiger partial charge in [-0.3, -0.25) is 13.8 Å². The maximum absolute atomic E-state index is 12.9. The molecule has 0 saturated heterocycles. The lowest BCUT2D eigenvalue weighted by atomic mass is 10.0. The molecular weight excluding hydrogens is 772 g/mol. The van der Waals surface area contributed by atoms with Gasteiger partial charge < -0.3 is 26.2 Å². The van der Waals surface area contributed by atoms with E-state index in [0.29, 0.717) is 12.8 Å². The molecule has 0 fully saturated rings. The van der Waals surface area contributed by atoms with Gasteiger partial charge in [-0.25, -0.2) is 4.57 Å². The molecule has 0 bridgehead atoms. The topological polar surface area (TPSA) is 151 Å². The van der Waals surface area contributed by atoms with Crippen LogP contribution in [0.15, 0.2) is 0 Å². The lowest BCUT2D eigenvalue weighted by Gasteiger charge is -2.25. The van der Waals surface area contributed by atoms with Gasteiger partial charge in [-0.15, -0.1) is 0 Å². The third-order valence-corrected chi connectivity index (χ3v) is 13.2. The largest absolute Gasteiger partial charge is 0.472 e. The molecule has 0 spiro atoms. The average Bonchev–Trinajstić information content (AvgIpc) is 3.23. The van der Waals surface area contributed by atoms with E-state index in [0.717, 1.165) is 38.5 Å². The molecule has 0 aliphatic carbocycles. The van der Waals surface area contributed by atoms with Crippen molar-refractivity contribution in [2.45, 2.75) is 295 Å². The lowest BCUT2D eigenvalue weighted by molar-refractivity contribution is -0.125. The van der Waals surface area contributed by atoms with Crippen molar-refractivity contribution >= 4 is 13.7 Å². The van der Waals surface area contributed by atoms with Crippen LogP contribution in [0.5, 0.6) is 0 Å². The molecule has 360 valence electrons. The molecule has 10 heteroatoms. The number of aliphatic hydroxyl groups is 2. The number of nitrogens with one attached hydrogen (secondary N) is 1. The summed E-state index contributed by atoms with van der Waals surface area (Å²) < 4.78 is 22.2. The van der Waals surface area contributed by atoms with E-state index in [1.165, 1.54) is 205 Å². The highest BCUT2D eigenvalue weighted by atomic mass is 31.2. The third-order valence-electron chi connectivity index (χ3n) is 12.3. The van der Waals surface area contributed by atoms with Gasteiger partial charge >= 0.3 is 7.82 Å². The molecule has 4 unspecified atom stereocenters. The minimum absolute atomic E-state index is 0.0630. The van der Waals surface area contributed by atoms with Crippen molar-refractivity contribution in [3.05, 3.63) is 0 Å². The molecule has 0 rings (SSSR count). The summed E-state index contributed by atoms with van der Waals surface area (Å²) in [5, 5.41) is 24.3. The van der Waals surface area contributed by atoms with Crippen molar-refractivity contribution in [3.8, 4) is 0 Å². The van der Waals surface area contributed by atoms with Crippen LogP contribution in [0.2, 0.25) is 0 Å². The zero-order valence-corrected chi connectivity index (χ0v) is 40.7. The van der Waals surface area contributed by atoms with Gasteiger partial charge in [0.05, 0.1) is 37.9 Å². The van der Waals surface area contributed by atoms with Gasteiger partial charge in [0, 0.05) is 6.54 Å². The maximum Gasteiger partial charge on any atom is 0.472 e. The Labute approximate surface area is 372 Å². The Morgan fingerprint density at radius 1 is 0.500 bits per heavy atom. The Balaban J connectivity index is 4.09. The Hall–Kier alpha value is -0.540. The van der Waals surface area contributed by atoms with Crippen molar-refractivity contribution in [2.75, 3.05) is 19.8 Å². The first-order valence-corrected chi connectivity index (χ1v) is 27.7. The number of amides is 1. The lowest BCUT2D eigenvalue weighted by Crippen LogP contribution is -2.47. The van der Waals surface area contributed by atoms with Crippen LogP contribution in [-0.4, -0.2) is 59.0 Å². The fourth-order valence-electron chi connectivity index (χ4n) is 8.30. The summed E-state index contributed by atoms with van der Waals surface area (Å²) >= 11 is 0. The first-order valence-electron chi connectivity index (χ1n) is 26.2. The van der Waals surface area contributed by atoms with Crippen LogP contribution in [0, 0.1) is 0 Å². The van der Waals surface area contributed by atoms with Crippen LogP contribution in [0.1, 0.15) is 277 Å². The maximum atomic E-state index is 12.9. The number of nitrogens with two attached hydrogens (primary N) is 1. The fraction of sp³-hybridized carbons (Fsp3) is 0.980. The molecule has 0 aliphatic heterocycles. The van der Waals surface area contributed by atoms with Crippen molar-refractivity contribution in [1.82, 2.24) is 5.32 Å². The molecular formula is C50H103N2O7P. The van der Waals surface area contributed by atoms with Gasteiger partial charge in [0.2, 0.25) is 5.91 Å². The number of phosphoric ester groups is 1. The van der Waals surface area contributed by atoms with Gasteiger partial charge in [-0.1, -0.05) is 258 Å². The highest BCUT2D eigenvalue weighted by Gasteiger charge is 2.28. The number of carbonyl (C=O) groups is 1. The van der Waals surface area contributed by atoms with E-state index in [1.807, 2.05) is 0 Å². The summed E-state index contributed by atoms with van der Waals surface area (Å²) in [7, 11) is -4.38. The summed E-state index contributed by atoms with van der Waals surface area (Å²) in [6.45, 7) is 4.10. The highest BCUT2D eigenvalue weighted by Crippen LogP contribution is 2.43. The molecule has 9 nitrogen and oxygen atoms in total. The monoisotopic (exact) mass is 875 g/mol. The van der Waals surface area contributed by atoms with Crippen LogP contribution >= 0.6 is 7.82 Å². The van der Waals surface area contributed by atoms with Gasteiger partial charge in [0.25, 0.3) is 0 Å². The van der Waals surface area contributed by atoms with E-state index in [2.05, 4.69) is 19.2 Å². The first kappa shape index (κ1) is 59.5. The Morgan fingerprint density at radius 3 is 1.12 bits per heavy atom. The smallest absolute Gasteiger partial charge is 0.393 e. The van der Waals surface area contributed by atoms with E-state index in [9.17, 15) is 24.5 Å². The van der Waals surface area contributed by atoms with Crippen LogP contribution in [0.4, 0.5) is 0 Å². The quantitative estimate of drug-likeness (QED) is 0.0299. The zero-order valence-electron chi connectivity index (χ0n) is 39.8. The molecule has 0 saturated carbocycles. The predicted molar refractivity (Wildman–Crippen MR) is 255 cm³/mol. The number of unbranched alkanes of at least 4 members (excludes halogenated alkanes) is 36. The molecule has 0 radical (unpaired) electrons. The predicted octanol–water partition coefficient (Wildman–Crippen LogP) is 14.3. The molecule has 1 amide bonds. The van der Waals surface area contributed by atoms with Gasteiger partial charge in [0.15, 0.2) is 0 Å². The minimum atomic E-state index is -4.38. The Bertz CT molecular complexity index is 929. The SMILES string of the molecule is CCCCCCCCCCCCCCCCCCCCCCC(O)CC(=O)NC(COP(=O)(O)OCCN)C(O)CCCCCCCCCCCCCCCCCCCC. The van der Waals surface area contributed by atoms with Crippen molar-refractivity contribution in [3.63, 3.8) is 0 Å². The average molecular weight is 875 g/mol. The van der Waals surface area contributed by atoms with Crippen LogP contribution < -0.4 is 11.1 Å². The van der Waals surface area contributed by atoms with Gasteiger partial charge in [-0.05, 0) is 12.8 Å². The number of rotatable bonds is 50. The molecule has 6 N–H and O–H groups in total. The normalized spacial score (nSPS) is 14.3. The molecule has 4 atom stereocenters. The number of hydrogen-bond acceptors (Lipinski definition) is 7. The van der Waals surface area contributed by atoms with Crippen molar-refractivity contribution in [2.24, 2.45) is 5.73 Å². The summed E-state index contributed by atoms with van der Waals surface area (Å²) in [6, 6.07) is -0.892. The zero-order chi connectivity index (χ0) is 44.0. The Morgan fingerprint density at radius 2 is 0.800 bits per heavy atom. The number of carbonyl (C=O) groups excluding carboxylic acids is 1. The van der Waals surface area contributed by atoms with E-state index in [-0.39, 0.29) is 26.2 Å². The van der Waals surface area contributed by atoms with E-state index < -0.39 is 32.0 Å². The highest BCUT2D eigenvalue weighted by molar-refractivity contribution is 7.47. The summed E-state index contributed by atoms with van der Waals surface area (Å²) in [6.07, 6.45) is 48.7. The molecule has 0 heterocycles.